The zero-order valence-corrected chi connectivity index (χ0v) is 11.6. The topological polar surface area (TPSA) is 55.8 Å². The summed E-state index contributed by atoms with van der Waals surface area (Å²) >= 11 is 1.15. The summed E-state index contributed by atoms with van der Waals surface area (Å²) in [5.41, 5.74) is 0. The molecule has 1 N–H and O–H groups in total. The lowest BCUT2D eigenvalue weighted by Crippen LogP contribution is -2.10. The Kier molecular flexibility index (Phi) is 4.57. The van der Waals surface area contributed by atoms with Crippen molar-refractivity contribution in [1.82, 2.24) is 0 Å². The van der Waals surface area contributed by atoms with Crippen LogP contribution in [0.5, 0.6) is 11.5 Å². The first kappa shape index (κ1) is 14.3. The molecule has 2 aromatic rings. The first-order chi connectivity index (χ1) is 9.58. The van der Waals surface area contributed by atoms with Crippen LogP contribution in [0.1, 0.15) is 14.5 Å². The minimum Gasteiger partial charge on any atom is -0.488 e. The Morgan fingerprint density at radius 3 is 2.55 bits per heavy atom. The molecule has 0 bridgehead atoms. The Morgan fingerprint density at radius 2 is 1.90 bits per heavy atom. The van der Waals surface area contributed by atoms with E-state index in [-0.39, 0.29) is 23.8 Å². The zero-order valence-electron chi connectivity index (χ0n) is 10.8. The molecule has 2 rings (SSSR count). The summed E-state index contributed by atoms with van der Waals surface area (Å²) < 4.78 is 23.9. The first-order valence-corrected chi connectivity index (χ1v) is 6.73. The zero-order chi connectivity index (χ0) is 14.5. The minimum absolute atomic E-state index is 0.134. The standard InChI is InChI=1S/C14H13FO4S/c1-9-8-12(13(20-9)14(16)17)19-7-6-18-11-5-3-2-4-10(11)15/h2-5,8H,6-7H2,1H3,(H,16,17). The number of halogens is 1. The molecule has 0 unspecified atom stereocenters. The number of para-hydroxylation sites is 1. The number of carboxylic acids is 1. The lowest BCUT2D eigenvalue weighted by molar-refractivity contribution is 0.0697. The van der Waals surface area contributed by atoms with E-state index in [2.05, 4.69) is 0 Å². The molecule has 0 saturated heterocycles. The highest BCUT2D eigenvalue weighted by Crippen LogP contribution is 2.28. The molecular weight excluding hydrogens is 283 g/mol. The number of aromatic carboxylic acids is 1. The van der Waals surface area contributed by atoms with Gasteiger partial charge in [0.2, 0.25) is 0 Å². The van der Waals surface area contributed by atoms with Crippen LogP contribution in [-0.4, -0.2) is 24.3 Å². The number of carbonyl (C=O) groups is 1. The van der Waals surface area contributed by atoms with Gasteiger partial charge in [0.05, 0.1) is 0 Å². The molecule has 0 atom stereocenters. The van der Waals surface area contributed by atoms with Crippen molar-refractivity contribution in [1.29, 1.82) is 0 Å². The number of aryl methyl sites for hydroxylation is 1. The van der Waals surface area contributed by atoms with E-state index in [1.165, 1.54) is 12.1 Å². The van der Waals surface area contributed by atoms with Crippen LogP contribution in [0, 0.1) is 12.7 Å². The highest BCUT2D eigenvalue weighted by atomic mass is 32.1. The third-order valence-corrected chi connectivity index (χ3v) is 3.47. The summed E-state index contributed by atoms with van der Waals surface area (Å²) in [5.74, 6) is -0.994. The van der Waals surface area contributed by atoms with E-state index in [1.54, 1.807) is 25.1 Å². The van der Waals surface area contributed by atoms with Gasteiger partial charge in [-0.3, -0.25) is 0 Å². The van der Waals surface area contributed by atoms with E-state index < -0.39 is 11.8 Å². The van der Waals surface area contributed by atoms with Crippen LogP contribution in [0.3, 0.4) is 0 Å². The van der Waals surface area contributed by atoms with Gasteiger partial charge in [0.1, 0.15) is 19.0 Å². The number of thiophene rings is 1. The van der Waals surface area contributed by atoms with Crippen molar-refractivity contribution >= 4 is 17.3 Å². The molecule has 1 heterocycles. The summed E-state index contributed by atoms with van der Waals surface area (Å²) in [5, 5.41) is 9.00. The van der Waals surface area contributed by atoms with Crippen molar-refractivity contribution in [3.8, 4) is 11.5 Å². The largest absolute Gasteiger partial charge is 0.488 e. The predicted octanol–water partition coefficient (Wildman–Crippen LogP) is 3.35. The van der Waals surface area contributed by atoms with Gasteiger partial charge >= 0.3 is 5.97 Å². The van der Waals surface area contributed by atoms with Crippen molar-refractivity contribution < 1.29 is 23.8 Å². The maximum atomic E-state index is 13.3. The Labute approximate surface area is 119 Å². The van der Waals surface area contributed by atoms with E-state index in [1.807, 2.05) is 0 Å². The molecule has 0 aliphatic heterocycles. The number of hydrogen-bond donors (Lipinski definition) is 1. The summed E-state index contributed by atoms with van der Waals surface area (Å²) in [6.07, 6.45) is 0. The fourth-order valence-corrected chi connectivity index (χ4v) is 2.41. The van der Waals surface area contributed by atoms with Gasteiger partial charge in [0.15, 0.2) is 16.4 Å². The molecule has 0 aliphatic carbocycles. The van der Waals surface area contributed by atoms with Crippen molar-refractivity contribution in [3.63, 3.8) is 0 Å². The second-order valence-corrected chi connectivity index (χ2v) is 5.24. The molecule has 4 nitrogen and oxygen atoms in total. The number of rotatable bonds is 6. The smallest absolute Gasteiger partial charge is 0.349 e. The maximum absolute atomic E-state index is 13.3. The van der Waals surface area contributed by atoms with Crippen molar-refractivity contribution in [2.24, 2.45) is 0 Å². The van der Waals surface area contributed by atoms with Gasteiger partial charge in [0.25, 0.3) is 0 Å². The Morgan fingerprint density at radius 1 is 1.25 bits per heavy atom. The van der Waals surface area contributed by atoms with Gasteiger partial charge in [-0.15, -0.1) is 11.3 Å². The molecule has 20 heavy (non-hydrogen) atoms. The second-order valence-electron chi connectivity index (χ2n) is 3.98. The molecule has 1 aromatic heterocycles. The van der Waals surface area contributed by atoms with Crippen LogP contribution in [0.15, 0.2) is 30.3 Å². The summed E-state index contributed by atoms with van der Waals surface area (Å²) in [4.78, 5) is 12.0. The fourth-order valence-electron chi connectivity index (χ4n) is 1.61. The third kappa shape index (κ3) is 3.48. The van der Waals surface area contributed by atoms with Gasteiger partial charge in [-0.25, -0.2) is 9.18 Å². The second kappa shape index (κ2) is 6.38. The van der Waals surface area contributed by atoms with Crippen LogP contribution < -0.4 is 9.47 Å². The Hall–Kier alpha value is -2.08. The van der Waals surface area contributed by atoms with E-state index in [4.69, 9.17) is 14.6 Å². The van der Waals surface area contributed by atoms with Crippen molar-refractivity contribution in [3.05, 3.63) is 45.9 Å². The van der Waals surface area contributed by atoms with Gasteiger partial charge in [0, 0.05) is 4.88 Å². The molecule has 0 spiro atoms. The van der Waals surface area contributed by atoms with E-state index in [0.29, 0.717) is 5.75 Å². The van der Waals surface area contributed by atoms with Crippen molar-refractivity contribution in [2.45, 2.75) is 6.92 Å². The van der Waals surface area contributed by atoms with Crippen LogP contribution >= 0.6 is 11.3 Å². The van der Waals surface area contributed by atoms with Gasteiger partial charge in [-0.2, -0.15) is 0 Å². The summed E-state index contributed by atoms with van der Waals surface area (Å²) in [6.45, 7) is 2.08. The fraction of sp³-hybridized carbons (Fsp3) is 0.214. The van der Waals surface area contributed by atoms with Crippen LogP contribution in [0.2, 0.25) is 0 Å². The molecule has 6 heteroatoms. The molecule has 1 aromatic carbocycles. The lowest BCUT2D eigenvalue weighted by atomic mass is 10.3. The van der Waals surface area contributed by atoms with Crippen molar-refractivity contribution in [2.75, 3.05) is 13.2 Å². The molecular formula is C14H13FO4S. The molecule has 0 fully saturated rings. The van der Waals surface area contributed by atoms with Crippen LogP contribution in [0.4, 0.5) is 4.39 Å². The van der Waals surface area contributed by atoms with E-state index >= 15 is 0 Å². The SMILES string of the molecule is Cc1cc(OCCOc2ccccc2F)c(C(=O)O)s1. The van der Waals surface area contributed by atoms with Gasteiger partial charge in [-0.05, 0) is 25.1 Å². The number of benzene rings is 1. The maximum Gasteiger partial charge on any atom is 0.349 e. The minimum atomic E-state index is -1.02. The monoisotopic (exact) mass is 296 g/mol. The Bertz CT molecular complexity index is 609. The molecule has 0 aliphatic rings. The van der Waals surface area contributed by atoms with E-state index in [0.717, 1.165) is 16.2 Å². The normalized spacial score (nSPS) is 10.3. The third-order valence-electron chi connectivity index (χ3n) is 2.45. The quantitative estimate of drug-likeness (QED) is 0.831. The molecule has 0 amide bonds. The van der Waals surface area contributed by atoms with E-state index in [9.17, 15) is 9.18 Å². The predicted molar refractivity (Wildman–Crippen MR) is 73.4 cm³/mol. The van der Waals surface area contributed by atoms with Gasteiger partial charge in [-0.1, -0.05) is 12.1 Å². The Balaban J connectivity index is 1.88. The number of hydrogen-bond acceptors (Lipinski definition) is 4. The summed E-state index contributed by atoms with van der Waals surface area (Å²) in [6, 6.07) is 7.74. The molecule has 0 saturated carbocycles. The molecule has 106 valence electrons. The van der Waals surface area contributed by atoms with Crippen LogP contribution in [0.25, 0.3) is 0 Å². The average Bonchev–Trinajstić information content (AvgIpc) is 2.78. The summed E-state index contributed by atoms with van der Waals surface area (Å²) in [7, 11) is 0. The number of carboxylic acid groups (broad SMARTS) is 1. The van der Waals surface area contributed by atoms with Crippen LogP contribution in [-0.2, 0) is 0 Å². The lowest BCUT2D eigenvalue weighted by Gasteiger charge is -2.08. The highest BCUT2D eigenvalue weighted by molar-refractivity contribution is 7.14. The molecule has 0 radical (unpaired) electrons. The van der Waals surface area contributed by atoms with Gasteiger partial charge < -0.3 is 14.6 Å². The first-order valence-electron chi connectivity index (χ1n) is 5.92. The number of ether oxygens (including phenoxy) is 2. The highest BCUT2D eigenvalue weighted by Gasteiger charge is 2.15. The average molecular weight is 296 g/mol.